The molecule has 0 atom stereocenters. The molecule has 5 nitrogen and oxygen atoms in total. The zero-order valence-electron chi connectivity index (χ0n) is 21.2. The van der Waals surface area contributed by atoms with Crippen LogP contribution in [-0.2, 0) is 13.0 Å². The Morgan fingerprint density at radius 3 is 2.66 bits per heavy atom. The van der Waals surface area contributed by atoms with E-state index < -0.39 is 5.97 Å². The molecular weight excluding hydrogens is 477 g/mol. The maximum atomic E-state index is 12.8. The standard InChI is InChI=1S/C32H28FN3O2/c1-21-9-8-12-26-29(21)23(20-35(26)17-7-5-16-33)19-27-31(34-28-13-4-6-18-36(27)28)25-15-14-22-10-2-3-11-24(22)30(25)32(37)38/h2-4,6,8-15,18,20H,5,7,16-17,19H2,1H3,(H,37,38). The maximum absolute atomic E-state index is 12.8. The minimum atomic E-state index is -0.972. The molecule has 0 aliphatic carbocycles. The lowest BCUT2D eigenvalue weighted by molar-refractivity contribution is 0.0700. The fourth-order valence-corrected chi connectivity index (χ4v) is 5.64. The van der Waals surface area contributed by atoms with Gasteiger partial charge in [-0.3, -0.25) is 4.39 Å². The van der Waals surface area contributed by atoms with Crippen molar-refractivity contribution in [1.29, 1.82) is 0 Å². The number of nitrogens with zero attached hydrogens (tertiary/aromatic N) is 3. The number of hydrogen-bond acceptors (Lipinski definition) is 2. The number of carbonyl (C=O) groups is 1. The molecule has 0 fully saturated rings. The second-order valence-corrected chi connectivity index (χ2v) is 9.74. The highest BCUT2D eigenvalue weighted by atomic mass is 19.1. The first kappa shape index (κ1) is 23.9. The quantitative estimate of drug-likeness (QED) is 0.219. The van der Waals surface area contributed by atoms with E-state index in [0.29, 0.717) is 29.5 Å². The van der Waals surface area contributed by atoms with Crippen LogP contribution in [0.3, 0.4) is 0 Å². The molecule has 0 amide bonds. The summed E-state index contributed by atoms with van der Waals surface area (Å²) in [5.74, 6) is -0.972. The molecule has 3 aromatic heterocycles. The molecule has 0 radical (unpaired) electrons. The van der Waals surface area contributed by atoms with E-state index >= 15 is 0 Å². The van der Waals surface area contributed by atoms with Crippen LogP contribution in [0.5, 0.6) is 0 Å². The zero-order chi connectivity index (χ0) is 26.2. The van der Waals surface area contributed by atoms with E-state index in [-0.39, 0.29) is 12.2 Å². The molecule has 38 heavy (non-hydrogen) atoms. The van der Waals surface area contributed by atoms with Gasteiger partial charge >= 0.3 is 5.97 Å². The van der Waals surface area contributed by atoms with E-state index in [0.717, 1.165) is 40.8 Å². The van der Waals surface area contributed by atoms with E-state index in [1.165, 1.54) is 10.9 Å². The van der Waals surface area contributed by atoms with Crippen LogP contribution in [0.15, 0.2) is 85.2 Å². The Kier molecular flexibility index (Phi) is 6.16. The molecule has 0 unspecified atom stereocenters. The van der Waals surface area contributed by atoms with E-state index in [1.54, 1.807) is 0 Å². The first-order valence-electron chi connectivity index (χ1n) is 12.9. The number of pyridine rings is 1. The average Bonchev–Trinajstić information content (AvgIpc) is 3.47. The summed E-state index contributed by atoms with van der Waals surface area (Å²) in [7, 11) is 0. The van der Waals surface area contributed by atoms with Crippen molar-refractivity contribution in [2.45, 2.75) is 32.7 Å². The summed E-state index contributed by atoms with van der Waals surface area (Å²) in [6.45, 7) is 2.55. The first-order valence-corrected chi connectivity index (χ1v) is 12.9. The predicted molar refractivity (Wildman–Crippen MR) is 150 cm³/mol. The molecule has 3 aromatic carbocycles. The van der Waals surface area contributed by atoms with Crippen molar-refractivity contribution in [1.82, 2.24) is 14.0 Å². The smallest absolute Gasteiger partial charge is 0.337 e. The van der Waals surface area contributed by atoms with Crippen molar-refractivity contribution in [3.8, 4) is 11.3 Å². The highest BCUT2D eigenvalue weighted by Gasteiger charge is 2.23. The third-order valence-electron chi connectivity index (χ3n) is 7.36. The molecule has 0 aliphatic heterocycles. The summed E-state index contributed by atoms with van der Waals surface area (Å²) in [4.78, 5) is 17.5. The molecule has 0 aliphatic rings. The van der Waals surface area contributed by atoms with Gasteiger partial charge in [0.15, 0.2) is 0 Å². The second kappa shape index (κ2) is 9.78. The van der Waals surface area contributed by atoms with Gasteiger partial charge in [0.05, 0.1) is 23.6 Å². The SMILES string of the molecule is Cc1cccc2c1c(Cc1c(-c3ccc4ccccc4c3C(=O)O)nc3ccccn13)cn2CCCCF. The number of hydrogen-bond donors (Lipinski definition) is 1. The molecule has 3 heterocycles. The number of aromatic carboxylic acids is 1. The summed E-state index contributed by atoms with van der Waals surface area (Å²) < 4.78 is 17.1. The lowest BCUT2D eigenvalue weighted by Crippen LogP contribution is -2.03. The van der Waals surface area contributed by atoms with Gasteiger partial charge in [-0.25, -0.2) is 9.78 Å². The Balaban J connectivity index is 1.57. The lowest BCUT2D eigenvalue weighted by Gasteiger charge is -2.11. The lowest BCUT2D eigenvalue weighted by atomic mass is 9.94. The minimum Gasteiger partial charge on any atom is -0.478 e. The molecule has 6 heteroatoms. The number of alkyl halides is 1. The fourth-order valence-electron chi connectivity index (χ4n) is 5.64. The summed E-state index contributed by atoms with van der Waals surface area (Å²) >= 11 is 0. The number of unbranched alkanes of at least 4 members (excludes halogenated alkanes) is 1. The van der Waals surface area contributed by atoms with Crippen molar-refractivity contribution >= 4 is 33.3 Å². The van der Waals surface area contributed by atoms with E-state index in [4.69, 9.17) is 4.98 Å². The van der Waals surface area contributed by atoms with E-state index in [1.807, 2.05) is 60.8 Å². The van der Waals surface area contributed by atoms with Gasteiger partial charge in [0, 0.05) is 41.8 Å². The Morgan fingerprint density at radius 1 is 0.974 bits per heavy atom. The normalized spacial score (nSPS) is 11.6. The molecule has 0 bridgehead atoms. The summed E-state index contributed by atoms with van der Waals surface area (Å²) in [6.07, 6.45) is 6.03. The molecule has 6 aromatic rings. The monoisotopic (exact) mass is 505 g/mol. The molecule has 1 N–H and O–H groups in total. The van der Waals surface area contributed by atoms with E-state index in [2.05, 4.69) is 40.3 Å². The topological polar surface area (TPSA) is 59.5 Å². The number of rotatable bonds is 8. The van der Waals surface area contributed by atoms with Gasteiger partial charge in [-0.15, -0.1) is 0 Å². The minimum absolute atomic E-state index is 0.262. The number of fused-ring (bicyclic) bond motifs is 3. The van der Waals surface area contributed by atoms with Gasteiger partial charge in [0.25, 0.3) is 0 Å². The molecular formula is C32H28FN3O2. The van der Waals surface area contributed by atoms with Gasteiger partial charge < -0.3 is 14.1 Å². The third-order valence-corrected chi connectivity index (χ3v) is 7.36. The Bertz CT molecular complexity index is 1810. The van der Waals surface area contributed by atoms with Crippen LogP contribution >= 0.6 is 0 Å². The van der Waals surface area contributed by atoms with Gasteiger partial charge in [-0.1, -0.05) is 54.6 Å². The summed E-state index contributed by atoms with van der Waals surface area (Å²) in [5, 5.41) is 13.1. The highest BCUT2D eigenvalue weighted by Crippen LogP contribution is 2.35. The summed E-state index contributed by atoms with van der Waals surface area (Å²) in [6, 6.07) is 23.5. The van der Waals surface area contributed by atoms with Crippen LogP contribution < -0.4 is 0 Å². The first-order chi connectivity index (χ1) is 18.6. The van der Waals surface area contributed by atoms with Gasteiger partial charge in [0.1, 0.15) is 5.65 Å². The number of carboxylic acids is 1. The van der Waals surface area contributed by atoms with E-state index in [9.17, 15) is 14.3 Å². The van der Waals surface area contributed by atoms with Crippen molar-refractivity contribution in [2.24, 2.45) is 0 Å². The van der Waals surface area contributed by atoms with Crippen LogP contribution in [0.4, 0.5) is 4.39 Å². The van der Waals surface area contributed by atoms with Gasteiger partial charge in [-0.2, -0.15) is 0 Å². The van der Waals surface area contributed by atoms with Crippen molar-refractivity contribution < 1.29 is 14.3 Å². The van der Waals surface area contributed by atoms with Crippen LogP contribution in [0.1, 0.15) is 40.0 Å². The number of carboxylic acid groups (broad SMARTS) is 1. The van der Waals surface area contributed by atoms with Crippen molar-refractivity contribution in [3.05, 3.63) is 108 Å². The number of halogens is 1. The summed E-state index contributed by atoms with van der Waals surface area (Å²) in [5.41, 5.74) is 6.69. The number of aromatic nitrogens is 3. The van der Waals surface area contributed by atoms with Crippen LogP contribution in [0.2, 0.25) is 0 Å². The Morgan fingerprint density at radius 2 is 1.82 bits per heavy atom. The number of benzene rings is 3. The molecule has 0 saturated carbocycles. The van der Waals surface area contributed by atoms with Gasteiger partial charge in [-0.05, 0) is 59.9 Å². The fraction of sp³-hybridized carbons (Fsp3) is 0.188. The van der Waals surface area contributed by atoms with Gasteiger partial charge in [0.2, 0.25) is 0 Å². The Labute approximate surface area is 219 Å². The predicted octanol–water partition coefficient (Wildman–Crippen LogP) is 7.46. The van der Waals surface area contributed by atoms with Crippen molar-refractivity contribution in [3.63, 3.8) is 0 Å². The number of imidazole rings is 1. The average molecular weight is 506 g/mol. The largest absolute Gasteiger partial charge is 0.478 e. The maximum Gasteiger partial charge on any atom is 0.337 e. The highest BCUT2D eigenvalue weighted by molar-refractivity contribution is 6.09. The second-order valence-electron chi connectivity index (χ2n) is 9.74. The molecule has 6 rings (SSSR count). The van der Waals surface area contributed by atoms with Crippen LogP contribution in [0, 0.1) is 6.92 Å². The van der Waals surface area contributed by atoms with Crippen LogP contribution in [0.25, 0.3) is 38.6 Å². The Hall–Kier alpha value is -4.45. The zero-order valence-corrected chi connectivity index (χ0v) is 21.2. The van der Waals surface area contributed by atoms with Crippen molar-refractivity contribution in [2.75, 3.05) is 6.67 Å². The third kappa shape index (κ3) is 4.02. The molecule has 0 saturated heterocycles. The van der Waals surface area contributed by atoms with Crippen LogP contribution in [-0.4, -0.2) is 31.7 Å². The molecule has 190 valence electrons. The molecule has 0 spiro atoms. The number of aryl methyl sites for hydroxylation is 2.